The standard InChI is InChI=1S/C19H20N2S/c1-3-4-15-19(2)21(17-13-9-6-10-14-17)20-18(22-19)16-11-7-5-8-12-16/h3,5-14H,1,4,15H2,2H3. The van der Waals surface area contributed by atoms with Crippen molar-refractivity contribution in [3.05, 3.63) is 78.9 Å². The van der Waals surface area contributed by atoms with E-state index in [-0.39, 0.29) is 4.87 Å². The van der Waals surface area contributed by atoms with Crippen LogP contribution < -0.4 is 5.01 Å². The van der Waals surface area contributed by atoms with Crippen LogP contribution in [0.4, 0.5) is 5.69 Å². The molecule has 0 bridgehead atoms. The van der Waals surface area contributed by atoms with Crippen LogP contribution in [-0.2, 0) is 0 Å². The quantitative estimate of drug-likeness (QED) is 0.698. The first-order valence-corrected chi connectivity index (χ1v) is 8.34. The first-order chi connectivity index (χ1) is 10.7. The molecule has 3 rings (SSSR count). The van der Waals surface area contributed by atoms with Crippen molar-refractivity contribution in [2.24, 2.45) is 5.10 Å². The van der Waals surface area contributed by atoms with Gasteiger partial charge in [-0.05, 0) is 31.9 Å². The summed E-state index contributed by atoms with van der Waals surface area (Å²) in [6, 6.07) is 20.8. The number of allylic oxidation sites excluding steroid dienone is 1. The molecule has 0 amide bonds. The zero-order chi connectivity index (χ0) is 15.4. The first-order valence-electron chi connectivity index (χ1n) is 7.52. The summed E-state index contributed by atoms with van der Waals surface area (Å²) in [6.45, 7) is 6.12. The van der Waals surface area contributed by atoms with Crippen molar-refractivity contribution in [2.75, 3.05) is 5.01 Å². The molecule has 0 N–H and O–H groups in total. The van der Waals surface area contributed by atoms with Gasteiger partial charge in [0.2, 0.25) is 0 Å². The monoisotopic (exact) mass is 308 g/mol. The number of thioether (sulfide) groups is 1. The molecule has 112 valence electrons. The maximum atomic E-state index is 4.91. The van der Waals surface area contributed by atoms with Crippen molar-refractivity contribution >= 4 is 22.5 Å². The van der Waals surface area contributed by atoms with Crippen LogP contribution in [0.5, 0.6) is 0 Å². The summed E-state index contributed by atoms with van der Waals surface area (Å²) in [4.78, 5) is -0.0826. The molecular weight excluding hydrogens is 288 g/mol. The zero-order valence-corrected chi connectivity index (χ0v) is 13.6. The van der Waals surface area contributed by atoms with Crippen molar-refractivity contribution in [3.63, 3.8) is 0 Å². The second kappa shape index (κ2) is 6.41. The Hall–Kier alpha value is -2.00. The van der Waals surface area contributed by atoms with Gasteiger partial charge in [0.15, 0.2) is 0 Å². The number of hydrogen-bond acceptors (Lipinski definition) is 3. The first kappa shape index (κ1) is 14.9. The van der Waals surface area contributed by atoms with Crippen LogP contribution >= 0.6 is 11.8 Å². The summed E-state index contributed by atoms with van der Waals surface area (Å²) in [7, 11) is 0. The number of hydrazone groups is 1. The van der Waals surface area contributed by atoms with E-state index in [9.17, 15) is 0 Å². The number of rotatable bonds is 5. The van der Waals surface area contributed by atoms with E-state index in [0.717, 1.165) is 23.6 Å². The van der Waals surface area contributed by atoms with Gasteiger partial charge in [-0.3, -0.25) is 0 Å². The van der Waals surface area contributed by atoms with Crippen LogP contribution in [-0.4, -0.2) is 9.91 Å². The summed E-state index contributed by atoms with van der Waals surface area (Å²) >= 11 is 1.84. The highest BCUT2D eigenvalue weighted by atomic mass is 32.2. The van der Waals surface area contributed by atoms with E-state index in [1.807, 2.05) is 30.0 Å². The molecule has 1 aliphatic heterocycles. The van der Waals surface area contributed by atoms with Crippen LogP contribution in [0.25, 0.3) is 0 Å². The average molecular weight is 308 g/mol. The Labute approximate surface area is 136 Å². The lowest BCUT2D eigenvalue weighted by Crippen LogP contribution is -2.36. The summed E-state index contributed by atoms with van der Waals surface area (Å²) in [5.41, 5.74) is 2.31. The molecule has 1 unspecified atom stereocenters. The molecule has 0 aliphatic carbocycles. The van der Waals surface area contributed by atoms with Crippen LogP contribution in [0.1, 0.15) is 25.3 Å². The third-order valence-electron chi connectivity index (χ3n) is 3.79. The number of benzene rings is 2. The average Bonchev–Trinajstić information content (AvgIpc) is 2.93. The van der Waals surface area contributed by atoms with Gasteiger partial charge in [0, 0.05) is 5.56 Å². The Bertz CT molecular complexity index is 666. The van der Waals surface area contributed by atoms with Gasteiger partial charge in [0.1, 0.15) is 9.91 Å². The highest BCUT2D eigenvalue weighted by molar-refractivity contribution is 8.16. The molecule has 0 radical (unpaired) electrons. The Morgan fingerprint density at radius 1 is 1.09 bits per heavy atom. The van der Waals surface area contributed by atoms with E-state index in [1.165, 1.54) is 5.56 Å². The normalized spacial score (nSPS) is 20.8. The molecule has 0 spiro atoms. The van der Waals surface area contributed by atoms with Gasteiger partial charge < -0.3 is 0 Å². The lowest BCUT2D eigenvalue weighted by atomic mass is 10.1. The molecule has 0 aromatic heterocycles. The molecule has 2 aromatic carbocycles. The minimum Gasteiger partial charge on any atom is -0.248 e. The molecule has 0 fully saturated rings. The maximum absolute atomic E-state index is 4.91. The Morgan fingerprint density at radius 2 is 1.73 bits per heavy atom. The fourth-order valence-electron chi connectivity index (χ4n) is 2.59. The molecule has 2 nitrogen and oxygen atoms in total. The van der Waals surface area contributed by atoms with Gasteiger partial charge in [-0.15, -0.1) is 6.58 Å². The van der Waals surface area contributed by atoms with Gasteiger partial charge >= 0.3 is 0 Å². The second-order valence-electron chi connectivity index (χ2n) is 5.52. The van der Waals surface area contributed by atoms with Gasteiger partial charge in [-0.2, -0.15) is 5.10 Å². The Kier molecular flexibility index (Phi) is 4.34. The highest BCUT2D eigenvalue weighted by Gasteiger charge is 2.39. The predicted octanol–water partition coefficient (Wildman–Crippen LogP) is 5.28. The van der Waals surface area contributed by atoms with E-state index in [0.29, 0.717) is 0 Å². The predicted molar refractivity (Wildman–Crippen MR) is 97.3 cm³/mol. The maximum Gasteiger partial charge on any atom is 0.126 e. The van der Waals surface area contributed by atoms with Gasteiger partial charge in [0.05, 0.1) is 5.69 Å². The topological polar surface area (TPSA) is 15.6 Å². The van der Waals surface area contributed by atoms with Gasteiger partial charge in [0.25, 0.3) is 0 Å². The van der Waals surface area contributed by atoms with Crippen LogP contribution in [0.3, 0.4) is 0 Å². The van der Waals surface area contributed by atoms with Crippen molar-refractivity contribution in [3.8, 4) is 0 Å². The van der Waals surface area contributed by atoms with Crippen molar-refractivity contribution in [1.82, 2.24) is 0 Å². The van der Waals surface area contributed by atoms with Crippen LogP contribution in [0, 0.1) is 0 Å². The summed E-state index contributed by atoms with van der Waals surface area (Å²) in [5, 5.41) is 8.15. The number of anilines is 1. The van der Waals surface area contributed by atoms with E-state index in [1.54, 1.807) is 0 Å². The van der Waals surface area contributed by atoms with E-state index in [2.05, 4.69) is 67.0 Å². The van der Waals surface area contributed by atoms with Gasteiger partial charge in [-0.25, -0.2) is 5.01 Å². The van der Waals surface area contributed by atoms with Crippen LogP contribution in [0.2, 0.25) is 0 Å². The minimum atomic E-state index is -0.0826. The summed E-state index contributed by atoms with van der Waals surface area (Å²) < 4.78 is 0. The number of para-hydroxylation sites is 1. The van der Waals surface area contributed by atoms with E-state index < -0.39 is 0 Å². The van der Waals surface area contributed by atoms with Crippen molar-refractivity contribution in [1.29, 1.82) is 0 Å². The molecule has 2 aromatic rings. The zero-order valence-electron chi connectivity index (χ0n) is 12.8. The van der Waals surface area contributed by atoms with Crippen molar-refractivity contribution < 1.29 is 0 Å². The highest BCUT2D eigenvalue weighted by Crippen LogP contribution is 2.44. The lowest BCUT2D eigenvalue weighted by molar-refractivity contribution is 0.570. The summed E-state index contributed by atoms with van der Waals surface area (Å²) in [5.74, 6) is 0. The fraction of sp³-hybridized carbons (Fsp3) is 0.211. The molecule has 0 saturated carbocycles. The fourth-order valence-corrected chi connectivity index (χ4v) is 3.84. The van der Waals surface area contributed by atoms with Gasteiger partial charge in [-0.1, -0.05) is 66.4 Å². The minimum absolute atomic E-state index is 0.0826. The molecule has 1 heterocycles. The smallest absolute Gasteiger partial charge is 0.126 e. The molecule has 0 saturated heterocycles. The molecule has 1 aliphatic rings. The molecule has 22 heavy (non-hydrogen) atoms. The van der Waals surface area contributed by atoms with E-state index in [4.69, 9.17) is 5.10 Å². The third kappa shape index (κ3) is 2.95. The molecule has 3 heteroatoms. The SMILES string of the molecule is C=CCCC1(C)SC(c2ccccc2)=NN1c1ccccc1. The largest absolute Gasteiger partial charge is 0.248 e. The Balaban J connectivity index is 1.97. The Morgan fingerprint density at radius 3 is 2.36 bits per heavy atom. The number of nitrogens with zero attached hydrogens (tertiary/aromatic N) is 2. The molecular formula is C19H20N2S. The lowest BCUT2D eigenvalue weighted by Gasteiger charge is -2.33. The van der Waals surface area contributed by atoms with E-state index >= 15 is 0 Å². The third-order valence-corrected chi connectivity index (χ3v) is 5.12. The molecule has 1 atom stereocenters. The van der Waals surface area contributed by atoms with Crippen LogP contribution in [0.15, 0.2) is 78.4 Å². The van der Waals surface area contributed by atoms with Crippen molar-refractivity contribution in [2.45, 2.75) is 24.6 Å². The summed E-state index contributed by atoms with van der Waals surface area (Å²) in [6.07, 6.45) is 3.97. The second-order valence-corrected chi connectivity index (χ2v) is 6.99. The number of hydrogen-bond donors (Lipinski definition) is 0.